The molecule has 7 aromatic rings. The molecule has 0 radical (unpaired) electrons. The van der Waals surface area contributed by atoms with E-state index < -0.39 is 0 Å². The summed E-state index contributed by atoms with van der Waals surface area (Å²) in [5.74, 6) is 1.28. The molecular weight excluding hydrogens is 476 g/mol. The first-order valence-electron chi connectivity index (χ1n) is 12.0. The van der Waals surface area contributed by atoms with Crippen molar-refractivity contribution in [3.05, 3.63) is 103 Å². The average molecular weight is 497 g/mol. The fourth-order valence-electron chi connectivity index (χ4n) is 4.38. The number of fused-ring (bicyclic) bond motifs is 2. The Morgan fingerprint density at radius 2 is 1.61 bits per heavy atom. The van der Waals surface area contributed by atoms with Crippen LogP contribution in [0.3, 0.4) is 0 Å². The smallest absolute Gasteiger partial charge is 0.161 e. The Morgan fingerprint density at radius 3 is 2.50 bits per heavy atom. The van der Waals surface area contributed by atoms with E-state index in [9.17, 15) is 0 Å². The molecule has 9 heteroatoms. The highest BCUT2D eigenvalue weighted by Gasteiger charge is 2.17. The van der Waals surface area contributed by atoms with Gasteiger partial charge >= 0.3 is 0 Å². The highest BCUT2D eigenvalue weighted by Crippen LogP contribution is 2.31. The third-order valence-electron chi connectivity index (χ3n) is 6.26. The number of aromatic nitrogens is 8. The van der Waals surface area contributed by atoms with Crippen LogP contribution in [0.4, 0.5) is 0 Å². The molecule has 9 nitrogen and oxygen atoms in total. The number of aromatic amines is 2. The van der Waals surface area contributed by atoms with Crippen molar-refractivity contribution in [3.8, 4) is 39.7 Å². The van der Waals surface area contributed by atoms with E-state index in [1.807, 2.05) is 60.7 Å². The molecule has 0 aliphatic rings. The summed E-state index contributed by atoms with van der Waals surface area (Å²) < 4.78 is 5.97. The Bertz CT molecular complexity index is 1880. The zero-order valence-corrected chi connectivity index (χ0v) is 20.0. The van der Waals surface area contributed by atoms with Gasteiger partial charge in [-0.3, -0.25) is 20.1 Å². The van der Waals surface area contributed by atoms with E-state index in [1.165, 1.54) is 0 Å². The van der Waals surface area contributed by atoms with Gasteiger partial charge in [0.25, 0.3) is 0 Å². The van der Waals surface area contributed by atoms with Gasteiger partial charge in [0.2, 0.25) is 0 Å². The van der Waals surface area contributed by atoms with Gasteiger partial charge in [-0.25, -0.2) is 9.97 Å². The van der Waals surface area contributed by atoms with E-state index in [0.717, 1.165) is 44.5 Å². The van der Waals surface area contributed by atoms with E-state index in [4.69, 9.17) is 14.7 Å². The molecule has 0 atom stereocenters. The third-order valence-corrected chi connectivity index (χ3v) is 6.26. The van der Waals surface area contributed by atoms with Crippen LogP contribution in [0.15, 0.2) is 97.8 Å². The van der Waals surface area contributed by atoms with E-state index in [2.05, 4.69) is 30.1 Å². The topological polar surface area (TPSA) is 118 Å². The van der Waals surface area contributed by atoms with Gasteiger partial charge in [0, 0.05) is 41.5 Å². The van der Waals surface area contributed by atoms with Gasteiger partial charge in [-0.05, 0) is 29.8 Å². The predicted octanol–water partition coefficient (Wildman–Crippen LogP) is 5.60. The summed E-state index contributed by atoms with van der Waals surface area (Å²) >= 11 is 0. The molecule has 0 saturated heterocycles. The predicted molar refractivity (Wildman–Crippen MR) is 144 cm³/mol. The number of hydrogen-bond donors (Lipinski definition) is 2. The summed E-state index contributed by atoms with van der Waals surface area (Å²) in [6.07, 6.45) is 10.6. The summed E-state index contributed by atoms with van der Waals surface area (Å²) in [6, 6.07) is 19.7. The third kappa shape index (κ3) is 4.01. The van der Waals surface area contributed by atoms with Crippen molar-refractivity contribution < 1.29 is 4.74 Å². The molecule has 182 valence electrons. The zero-order chi connectivity index (χ0) is 25.3. The van der Waals surface area contributed by atoms with Crippen LogP contribution >= 0.6 is 0 Å². The number of imidazole rings is 1. The number of benzene rings is 1. The average Bonchev–Trinajstić information content (AvgIpc) is 3.61. The number of hydrogen-bond acceptors (Lipinski definition) is 7. The van der Waals surface area contributed by atoms with Crippen molar-refractivity contribution in [1.82, 2.24) is 40.1 Å². The maximum absolute atomic E-state index is 5.97. The van der Waals surface area contributed by atoms with E-state index >= 15 is 0 Å². The molecule has 1 aromatic carbocycles. The van der Waals surface area contributed by atoms with Crippen LogP contribution in [0.25, 0.3) is 56.0 Å². The first-order valence-corrected chi connectivity index (χ1v) is 12.0. The lowest BCUT2D eigenvalue weighted by molar-refractivity contribution is 0.305. The molecule has 0 spiro atoms. The lowest BCUT2D eigenvalue weighted by atomic mass is 10.1. The molecule has 0 saturated carbocycles. The van der Waals surface area contributed by atoms with E-state index in [-0.39, 0.29) is 0 Å². The number of nitrogens with zero attached hydrogens (tertiary/aromatic N) is 6. The van der Waals surface area contributed by atoms with Gasteiger partial charge < -0.3 is 9.72 Å². The summed E-state index contributed by atoms with van der Waals surface area (Å²) in [5, 5.41) is 7.59. The lowest BCUT2D eigenvalue weighted by Crippen LogP contribution is -1.96. The zero-order valence-electron chi connectivity index (χ0n) is 20.0. The molecule has 7 rings (SSSR count). The molecule has 6 aromatic heterocycles. The monoisotopic (exact) mass is 496 g/mol. The molecule has 38 heavy (non-hydrogen) atoms. The second kappa shape index (κ2) is 9.21. The number of H-pyrrole nitrogens is 2. The van der Waals surface area contributed by atoms with Crippen molar-refractivity contribution >= 4 is 22.1 Å². The number of pyridine rings is 4. The Labute approximate surface area is 216 Å². The largest absolute Gasteiger partial charge is 0.487 e. The van der Waals surface area contributed by atoms with Gasteiger partial charge in [-0.2, -0.15) is 5.10 Å². The minimum atomic E-state index is 0.465. The van der Waals surface area contributed by atoms with Crippen LogP contribution in [-0.4, -0.2) is 40.1 Å². The lowest BCUT2D eigenvalue weighted by Gasteiger charge is -2.08. The Hall–Kier alpha value is -5.44. The number of rotatable bonds is 6. The summed E-state index contributed by atoms with van der Waals surface area (Å²) in [6.45, 7) is 0.465. The maximum atomic E-state index is 5.97. The van der Waals surface area contributed by atoms with Gasteiger partial charge in [0.15, 0.2) is 11.5 Å². The summed E-state index contributed by atoms with van der Waals surface area (Å²) in [7, 11) is 0. The normalized spacial score (nSPS) is 11.3. The second-order valence-corrected chi connectivity index (χ2v) is 8.76. The van der Waals surface area contributed by atoms with E-state index in [0.29, 0.717) is 29.4 Å². The van der Waals surface area contributed by atoms with E-state index in [1.54, 1.807) is 37.2 Å². The maximum Gasteiger partial charge on any atom is 0.161 e. The first kappa shape index (κ1) is 21.8. The SMILES string of the molecule is c1ccc(COc2cncc(-c3ccc4[nH]nc(-c5nc6c(-c7cccnc7)cncc6[nH]5)c4n3)c2)cc1. The van der Waals surface area contributed by atoms with Crippen LogP contribution < -0.4 is 4.74 Å². The molecule has 2 N–H and O–H groups in total. The standard InChI is InChI=1S/C29H20N8O/c1-2-5-18(6-3-1)17-38-21-11-20(13-31-14-21)23-8-9-24-27(33-23)28(37-36-24)29-34-25-16-32-15-22(26(25)35-29)19-7-4-10-30-12-19/h1-16H,17H2,(H,34,35)(H,36,37). The van der Waals surface area contributed by atoms with Crippen molar-refractivity contribution in [2.45, 2.75) is 6.61 Å². The summed E-state index contributed by atoms with van der Waals surface area (Å²) in [4.78, 5) is 26.1. The fourth-order valence-corrected chi connectivity index (χ4v) is 4.38. The minimum absolute atomic E-state index is 0.465. The minimum Gasteiger partial charge on any atom is -0.487 e. The Morgan fingerprint density at radius 1 is 0.711 bits per heavy atom. The fraction of sp³-hybridized carbons (Fsp3) is 0.0345. The van der Waals surface area contributed by atoms with Crippen LogP contribution in [0.2, 0.25) is 0 Å². The molecular formula is C29H20N8O. The molecule has 0 fully saturated rings. The van der Waals surface area contributed by atoms with Gasteiger partial charge in [-0.1, -0.05) is 36.4 Å². The van der Waals surface area contributed by atoms with Crippen LogP contribution in [0, 0.1) is 0 Å². The van der Waals surface area contributed by atoms with Crippen molar-refractivity contribution in [1.29, 1.82) is 0 Å². The first-order chi connectivity index (χ1) is 18.8. The quantitative estimate of drug-likeness (QED) is 0.308. The molecule has 0 bridgehead atoms. The number of nitrogens with one attached hydrogen (secondary N) is 2. The molecule has 0 amide bonds. The van der Waals surface area contributed by atoms with Crippen LogP contribution in [-0.2, 0) is 6.61 Å². The van der Waals surface area contributed by atoms with Gasteiger partial charge in [0.05, 0.1) is 29.1 Å². The van der Waals surface area contributed by atoms with Gasteiger partial charge in [0.1, 0.15) is 23.4 Å². The van der Waals surface area contributed by atoms with Gasteiger partial charge in [-0.15, -0.1) is 0 Å². The molecule has 0 unspecified atom stereocenters. The van der Waals surface area contributed by atoms with Crippen molar-refractivity contribution in [2.24, 2.45) is 0 Å². The highest BCUT2D eigenvalue weighted by atomic mass is 16.5. The Kier molecular flexibility index (Phi) is 5.29. The Balaban J connectivity index is 1.24. The summed E-state index contributed by atoms with van der Waals surface area (Å²) in [5.41, 5.74) is 8.26. The second-order valence-electron chi connectivity index (χ2n) is 8.76. The number of ether oxygens (including phenoxy) is 1. The molecule has 0 aliphatic carbocycles. The molecule has 6 heterocycles. The molecule has 0 aliphatic heterocycles. The van der Waals surface area contributed by atoms with Crippen LogP contribution in [0.5, 0.6) is 5.75 Å². The van der Waals surface area contributed by atoms with Crippen molar-refractivity contribution in [3.63, 3.8) is 0 Å². The van der Waals surface area contributed by atoms with Crippen LogP contribution in [0.1, 0.15) is 5.56 Å². The van der Waals surface area contributed by atoms with Crippen molar-refractivity contribution in [2.75, 3.05) is 0 Å². The highest BCUT2D eigenvalue weighted by molar-refractivity contribution is 5.95.